The van der Waals surface area contributed by atoms with E-state index in [1.807, 2.05) is 12.2 Å². The summed E-state index contributed by atoms with van der Waals surface area (Å²) < 4.78 is 5.70. The maximum absolute atomic E-state index is 9.74. The molecule has 3 atom stereocenters. The van der Waals surface area contributed by atoms with Crippen molar-refractivity contribution in [2.24, 2.45) is 5.92 Å². The Balaban J connectivity index is 2.03. The average Bonchev–Trinajstić information content (AvgIpc) is 2.61. The van der Waals surface area contributed by atoms with E-state index in [1.165, 1.54) is 10.5 Å². The zero-order chi connectivity index (χ0) is 9.54. The summed E-state index contributed by atoms with van der Waals surface area (Å²) in [6.07, 6.45) is 8.15. The average molecular weight is 208 g/mol. The monoisotopic (exact) mass is 208 g/mol. The number of thioether (sulfide) groups is 1. The molecule has 74 valence electrons. The number of hydrogen-bond acceptors (Lipinski definition) is 3. The molecule has 2 aliphatic heterocycles. The van der Waals surface area contributed by atoms with Gasteiger partial charge in [0.25, 0.3) is 0 Å². The molecular weight excluding hydrogens is 196 g/mol. The highest BCUT2D eigenvalue weighted by Gasteiger charge is 2.38. The first kappa shape index (κ1) is 8.77. The third-order valence-electron chi connectivity index (χ3n) is 2.93. The van der Waals surface area contributed by atoms with Crippen LogP contribution in [0.15, 0.2) is 34.8 Å². The highest BCUT2D eigenvalue weighted by atomic mass is 32.2. The summed E-state index contributed by atoms with van der Waals surface area (Å²) in [5.41, 5.74) is 1.25. The number of allylic oxidation sites excluding steroid dienone is 2. The second-order valence-electron chi connectivity index (χ2n) is 3.80. The molecule has 2 heterocycles. The molecule has 0 saturated carbocycles. The Morgan fingerprint density at radius 2 is 2.36 bits per heavy atom. The first-order chi connectivity index (χ1) is 6.86. The third kappa shape index (κ3) is 1.20. The van der Waals surface area contributed by atoms with Crippen molar-refractivity contribution in [2.75, 3.05) is 12.4 Å². The van der Waals surface area contributed by atoms with Gasteiger partial charge in [0, 0.05) is 11.7 Å². The lowest BCUT2D eigenvalue weighted by atomic mass is 9.93. The van der Waals surface area contributed by atoms with Gasteiger partial charge in [-0.15, -0.1) is 11.8 Å². The molecule has 0 radical (unpaired) electrons. The van der Waals surface area contributed by atoms with Gasteiger partial charge in [0.15, 0.2) is 0 Å². The summed E-state index contributed by atoms with van der Waals surface area (Å²) in [7, 11) is 0. The molecule has 2 nitrogen and oxygen atoms in total. The highest BCUT2D eigenvalue weighted by molar-refractivity contribution is 8.03. The summed E-state index contributed by atoms with van der Waals surface area (Å²) in [4.78, 5) is 1.34. The van der Waals surface area contributed by atoms with Crippen molar-refractivity contribution in [3.8, 4) is 0 Å². The minimum absolute atomic E-state index is 0.129. The predicted molar refractivity (Wildman–Crippen MR) is 57.0 cm³/mol. The summed E-state index contributed by atoms with van der Waals surface area (Å²) in [5, 5.41) is 9.74. The molecule has 14 heavy (non-hydrogen) atoms. The largest absolute Gasteiger partial charge is 0.392 e. The van der Waals surface area contributed by atoms with Gasteiger partial charge in [0.1, 0.15) is 6.10 Å². The Hall–Kier alpha value is -0.510. The Bertz CT molecular complexity index is 343. The van der Waals surface area contributed by atoms with E-state index in [0.717, 1.165) is 5.75 Å². The summed E-state index contributed by atoms with van der Waals surface area (Å²) in [5.74, 6) is 1.04. The lowest BCUT2D eigenvalue weighted by molar-refractivity contribution is 0.0331. The van der Waals surface area contributed by atoms with E-state index in [-0.39, 0.29) is 18.1 Å². The molecule has 1 fully saturated rings. The fourth-order valence-corrected chi connectivity index (χ4v) is 3.53. The molecule has 3 unspecified atom stereocenters. The SMILES string of the molecule is OC1CSC2=C3C=CC=CC3OCC21. The first-order valence-electron chi connectivity index (χ1n) is 4.87. The second-order valence-corrected chi connectivity index (χ2v) is 4.86. The van der Waals surface area contributed by atoms with Gasteiger partial charge in [0.2, 0.25) is 0 Å². The van der Waals surface area contributed by atoms with E-state index in [2.05, 4.69) is 12.2 Å². The number of hydrogen-bond donors (Lipinski definition) is 1. The van der Waals surface area contributed by atoms with E-state index < -0.39 is 0 Å². The van der Waals surface area contributed by atoms with Gasteiger partial charge in [-0.05, 0) is 10.5 Å². The van der Waals surface area contributed by atoms with Crippen molar-refractivity contribution in [1.82, 2.24) is 0 Å². The molecule has 0 bridgehead atoms. The van der Waals surface area contributed by atoms with Gasteiger partial charge in [0.05, 0.1) is 12.7 Å². The molecule has 3 rings (SSSR count). The van der Waals surface area contributed by atoms with E-state index in [1.54, 1.807) is 11.8 Å². The van der Waals surface area contributed by atoms with Crippen LogP contribution in [0.2, 0.25) is 0 Å². The summed E-state index contributed by atoms with van der Waals surface area (Å²) >= 11 is 1.78. The standard InChI is InChI=1S/C11H12O2S/c12-9-6-14-11-7-3-1-2-4-10(7)13-5-8(9)11/h1-4,8-10,12H,5-6H2. The van der Waals surface area contributed by atoms with E-state index in [4.69, 9.17) is 4.74 Å². The molecule has 3 heteroatoms. The summed E-state index contributed by atoms with van der Waals surface area (Å²) in [6.45, 7) is 0.663. The van der Waals surface area contributed by atoms with Crippen molar-refractivity contribution in [3.05, 3.63) is 34.8 Å². The van der Waals surface area contributed by atoms with Gasteiger partial charge in [-0.3, -0.25) is 0 Å². The van der Waals surface area contributed by atoms with Crippen LogP contribution in [0.4, 0.5) is 0 Å². The maximum Gasteiger partial charge on any atom is 0.102 e. The lowest BCUT2D eigenvalue weighted by Gasteiger charge is -2.29. The summed E-state index contributed by atoms with van der Waals surface area (Å²) in [6, 6.07) is 0. The van der Waals surface area contributed by atoms with Gasteiger partial charge in [-0.25, -0.2) is 0 Å². The van der Waals surface area contributed by atoms with Crippen LogP contribution in [-0.2, 0) is 4.74 Å². The Labute approximate surface area is 87.3 Å². The van der Waals surface area contributed by atoms with Crippen molar-refractivity contribution in [3.63, 3.8) is 0 Å². The molecule has 1 N–H and O–H groups in total. The second kappa shape index (κ2) is 3.26. The van der Waals surface area contributed by atoms with E-state index >= 15 is 0 Å². The van der Waals surface area contributed by atoms with Crippen LogP contribution in [0.5, 0.6) is 0 Å². The normalized spacial score (nSPS) is 39.9. The minimum atomic E-state index is -0.220. The minimum Gasteiger partial charge on any atom is -0.392 e. The van der Waals surface area contributed by atoms with Crippen LogP contribution < -0.4 is 0 Å². The van der Waals surface area contributed by atoms with E-state index in [0.29, 0.717) is 6.61 Å². The Kier molecular flexibility index (Phi) is 2.04. The molecule has 1 saturated heterocycles. The van der Waals surface area contributed by atoms with Crippen molar-refractivity contribution in [1.29, 1.82) is 0 Å². The lowest BCUT2D eigenvalue weighted by Crippen LogP contribution is -2.31. The number of aliphatic hydroxyl groups excluding tert-OH is 1. The number of aliphatic hydroxyl groups is 1. The van der Waals surface area contributed by atoms with Gasteiger partial charge in [-0.1, -0.05) is 24.3 Å². The van der Waals surface area contributed by atoms with Crippen molar-refractivity contribution in [2.45, 2.75) is 12.2 Å². The molecule has 1 aliphatic carbocycles. The zero-order valence-corrected chi connectivity index (χ0v) is 8.54. The Morgan fingerprint density at radius 3 is 3.29 bits per heavy atom. The molecular formula is C11H12O2S. The predicted octanol–water partition coefficient (Wildman–Crippen LogP) is 1.49. The molecule has 3 aliphatic rings. The van der Waals surface area contributed by atoms with Crippen LogP contribution in [0.25, 0.3) is 0 Å². The zero-order valence-electron chi connectivity index (χ0n) is 7.72. The highest BCUT2D eigenvalue weighted by Crippen LogP contribution is 2.44. The number of rotatable bonds is 0. The number of fused-ring (bicyclic) bond motifs is 2. The first-order valence-corrected chi connectivity index (χ1v) is 5.86. The maximum atomic E-state index is 9.74. The van der Waals surface area contributed by atoms with Gasteiger partial charge in [-0.2, -0.15) is 0 Å². The molecule has 0 aromatic rings. The molecule has 0 aromatic carbocycles. The van der Waals surface area contributed by atoms with Crippen molar-refractivity contribution < 1.29 is 9.84 Å². The fourth-order valence-electron chi connectivity index (χ4n) is 2.16. The van der Waals surface area contributed by atoms with Crippen molar-refractivity contribution >= 4 is 11.8 Å². The number of ether oxygens (including phenoxy) is 1. The molecule has 0 spiro atoms. The van der Waals surface area contributed by atoms with Crippen LogP contribution in [0.3, 0.4) is 0 Å². The fraction of sp³-hybridized carbons (Fsp3) is 0.455. The smallest absolute Gasteiger partial charge is 0.102 e. The molecule has 0 aromatic heterocycles. The third-order valence-corrected chi connectivity index (χ3v) is 4.29. The van der Waals surface area contributed by atoms with Crippen LogP contribution in [0.1, 0.15) is 0 Å². The van der Waals surface area contributed by atoms with Crippen LogP contribution >= 0.6 is 11.8 Å². The van der Waals surface area contributed by atoms with E-state index in [9.17, 15) is 5.11 Å². The quantitative estimate of drug-likeness (QED) is 0.654. The topological polar surface area (TPSA) is 29.5 Å². The van der Waals surface area contributed by atoms with Crippen LogP contribution in [-0.4, -0.2) is 29.7 Å². The van der Waals surface area contributed by atoms with Gasteiger partial charge < -0.3 is 9.84 Å². The van der Waals surface area contributed by atoms with Gasteiger partial charge >= 0.3 is 0 Å². The molecule has 0 amide bonds. The van der Waals surface area contributed by atoms with Crippen LogP contribution in [0, 0.1) is 5.92 Å². The Morgan fingerprint density at radius 1 is 1.43 bits per heavy atom.